The normalized spacial score (nSPS) is 23.9. The van der Waals surface area contributed by atoms with Crippen molar-refractivity contribution in [1.82, 2.24) is 4.90 Å². The second-order valence-corrected chi connectivity index (χ2v) is 6.27. The van der Waals surface area contributed by atoms with Gasteiger partial charge in [-0.15, -0.1) is 0 Å². The number of benzene rings is 1. The summed E-state index contributed by atoms with van der Waals surface area (Å²) in [7, 11) is 0. The van der Waals surface area contributed by atoms with Crippen molar-refractivity contribution in [3.63, 3.8) is 0 Å². The van der Waals surface area contributed by atoms with Crippen molar-refractivity contribution in [1.29, 1.82) is 0 Å². The van der Waals surface area contributed by atoms with Gasteiger partial charge in [0.05, 0.1) is 0 Å². The first-order valence-corrected chi connectivity index (χ1v) is 8.21. The first-order valence-electron chi connectivity index (χ1n) is 7.84. The molecule has 1 aromatic carbocycles. The summed E-state index contributed by atoms with van der Waals surface area (Å²) >= 11 is 6.32. The molecule has 0 radical (unpaired) electrons. The summed E-state index contributed by atoms with van der Waals surface area (Å²) < 4.78 is 0. The fourth-order valence-corrected chi connectivity index (χ4v) is 3.54. The predicted molar refractivity (Wildman–Crippen MR) is 85.4 cm³/mol. The van der Waals surface area contributed by atoms with Gasteiger partial charge in [0.15, 0.2) is 0 Å². The maximum atomic E-state index is 9.73. The lowest BCUT2D eigenvalue weighted by atomic mass is 9.81. The first kappa shape index (κ1) is 15.8. The molecule has 0 bridgehead atoms. The van der Waals surface area contributed by atoms with Crippen LogP contribution in [0.15, 0.2) is 24.3 Å². The Morgan fingerprint density at radius 2 is 2.10 bits per heavy atom. The van der Waals surface area contributed by atoms with E-state index in [1.807, 2.05) is 18.2 Å². The molecule has 2 rings (SSSR count). The van der Waals surface area contributed by atoms with Crippen LogP contribution < -0.4 is 0 Å². The Morgan fingerprint density at radius 1 is 1.30 bits per heavy atom. The van der Waals surface area contributed by atoms with E-state index >= 15 is 0 Å². The third kappa shape index (κ3) is 3.97. The minimum absolute atomic E-state index is 0.250. The minimum atomic E-state index is 0.250. The average molecular weight is 296 g/mol. The Kier molecular flexibility index (Phi) is 6.34. The zero-order chi connectivity index (χ0) is 14.4. The molecule has 1 aromatic rings. The number of hydrogen-bond acceptors (Lipinski definition) is 2. The maximum absolute atomic E-state index is 9.73. The Hall–Kier alpha value is -0.570. The molecule has 1 heterocycles. The van der Waals surface area contributed by atoms with Crippen LogP contribution in [0.2, 0.25) is 5.02 Å². The highest BCUT2D eigenvalue weighted by atomic mass is 35.5. The highest BCUT2D eigenvalue weighted by Gasteiger charge is 2.30. The average Bonchev–Trinajstić information content (AvgIpc) is 2.48. The number of aliphatic hydroxyl groups is 1. The summed E-state index contributed by atoms with van der Waals surface area (Å²) in [4.78, 5) is 2.50. The summed E-state index contributed by atoms with van der Waals surface area (Å²) in [5.41, 5.74) is 1.21. The van der Waals surface area contributed by atoms with Gasteiger partial charge in [-0.05, 0) is 43.5 Å². The standard InChI is InChI=1S/C17H26ClNO/c1-2-3-6-10-19-11-9-15(14(12-19)13-20)16-7-4-5-8-17(16)18/h4-5,7-8,14-15,20H,2-3,6,9-13H2,1H3/t14-,15+/m0/s1. The van der Waals surface area contributed by atoms with E-state index in [9.17, 15) is 5.11 Å². The zero-order valence-corrected chi connectivity index (χ0v) is 13.1. The number of piperidine rings is 1. The fraction of sp³-hybridized carbons (Fsp3) is 0.647. The van der Waals surface area contributed by atoms with Crippen LogP contribution in [-0.2, 0) is 0 Å². The molecule has 0 spiro atoms. The van der Waals surface area contributed by atoms with Crippen LogP contribution in [0, 0.1) is 5.92 Å². The van der Waals surface area contributed by atoms with Crippen molar-refractivity contribution in [3.8, 4) is 0 Å². The molecule has 1 fully saturated rings. The van der Waals surface area contributed by atoms with E-state index in [-0.39, 0.29) is 6.61 Å². The number of rotatable bonds is 6. The van der Waals surface area contributed by atoms with Gasteiger partial charge in [-0.2, -0.15) is 0 Å². The van der Waals surface area contributed by atoms with Gasteiger partial charge >= 0.3 is 0 Å². The Morgan fingerprint density at radius 3 is 2.80 bits per heavy atom. The molecule has 0 amide bonds. The largest absolute Gasteiger partial charge is 0.396 e. The van der Waals surface area contributed by atoms with Gasteiger partial charge in [-0.3, -0.25) is 0 Å². The third-order valence-corrected chi connectivity index (χ3v) is 4.78. The summed E-state index contributed by atoms with van der Waals surface area (Å²) in [5.74, 6) is 0.710. The van der Waals surface area contributed by atoms with Gasteiger partial charge in [0.1, 0.15) is 0 Å². The SMILES string of the molecule is CCCCCN1CC[C@@H](c2ccccc2Cl)[C@H](CO)C1. The molecule has 1 N–H and O–H groups in total. The monoisotopic (exact) mass is 295 g/mol. The van der Waals surface area contributed by atoms with Crippen LogP contribution in [0.25, 0.3) is 0 Å². The molecule has 0 saturated carbocycles. The zero-order valence-electron chi connectivity index (χ0n) is 12.4. The molecule has 112 valence electrons. The maximum Gasteiger partial charge on any atom is 0.0477 e. The molecule has 2 nitrogen and oxygen atoms in total. The lowest BCUT2D eigenvalue weighted by Crippen LogP contribution is -2.41. The van der Waals surface area contributed by atoms with Crippen LogP contribution in [0.4, 0.5) is 0 Å². The molecule has 1 saturated heterocycles. The van der Waals surface area contributed by atoms with E-state index in [4.69, 9.17) is 11.6 Å². The first-order chi connectivity index (χ1) is 9.76. The van der Waals surface area contributed by atoms with E-state index in [0.717, 1.165) is 24.5 Å². The summed E-state index contributed by atoms with van der Waals surface area (Å²) in [6, 6.07) is 8.09. The number of unbranched alkanes of at least 4 members (excludes halogenated alkanes) is 2. The lowest BCUT2D eigenvalue weighted by Gasteiger charge is -2.38. The van der Waals surface area contributed by atoms with Gasteiger partial charge < -0.3 is 10.0 Å². The highest BCUT2D eigenvalue weighted by molar-refractivity contribution is 6.31. The highest BCUT2D eigenvalue weighted by Crippen LogP contribution is 2.36. The fourth-order valence-electron chi connectivity index (χ4n) is 3.27. The van der Waals surface area contributed by atoms with Gasteiger partial charge in [0.2, 0.25) is 0 Å². The van der Waals surface area contributed by atoms with Crippen LogP contribution in [0.3, 0.4) is 0 Å². The topological polar surface area (TPSA) is 23.5 Å². The van der Waals surface area contributed by atoms with Crippen LogP contribution in [-0.4, -0.2) is 36.2 Å². The molecule has 3 heteroatoms. The van der Waals surface area contributed by atoms with Gasteiger partial charge in [0, 0.05) is 24.1 Å². The van der Waals surface area contributed by atoms with Crippen molar-refractivity contribution in [3.05, 3.63) is 34.9 Å². The van der Waals surface area contributed by atoms with E-state index in [1.54, 1.807) is 0 Å². The Balaban J connectivity index is 1.98. The molecule has 20 heavy (non-hydrogen) atoms. The molecule has 1 aliphatic rings. The van der Waals surface area contributed by atoms with E-state index in [0.29, 0.717) is 11.8 Å². The van der Waals surface area contributed by atoms with E-state index < -0.39 is 0 Å². The number of hydrogen-bond donors (Lipinski definition) is 1. The van der Waals surface area contributed by atoms with Crippen molar-refractivity contribution in [2.45, 2.75) is 38.5 Å². The van der Waals surface area contributed by atoms with Gasteiger partial charge in [-0.1, -0.05) is 49.6 Å². The number of aliphatic hydroxyl groups excluding tert-OH is 1. The molecular weight excluding hydrogens is 270 g/mol. The molecular formula is C17H26ClNO. The third-order valence-electron chi connectivity index (χ3n) is 4.44. The quantitative estimate of drug-likeness (QED) is 0.804. The van der Waals surface area contributed by atoms with Gasteiger partial charge in [-0.25, -0.2) is 0 Å². The summed E-state index contributed by atoms with van der Waals surface area (Å²) in [6.07, 6.45) is 4.93. The Labute approximate surface area is 127 Å². The van der Waals surface area contributed by atoms with E-state index in [1.165, 1.54) is 31.4 Å². The molecule has 0 unspecified atom stereocenters. The van der Waals surface area contributed by atoms with Crippen molar-refractivity contribution in [2.75, 3.05) is 26.2 Å². The van der Waals surface area contributed by atoms with Crippen LogP contribution in [0.5, 0.6) is 0 Å². The Bertz CT molecular complexity index is 410. The second kappa shape index (κ2) is 8.02. The number of halogens is 1. The number of nitrogens with zero attached hydrogens (tertiary/aromatic N) is 1. The van der Waals surface area contributed by atoms with Crippen LogP contribution in [0.1, 0.15) is 44.1 Å². The second-order valence-electron chi connectivity index (χ2n) is 5.87. The smallest absolute Gasteiger partial charge is 0.0477 e. The van der Waals surface area contributed by atoms with Crippen LogP contribution >= 0.6 is 11.6 Å². The molecule has 0 aliphatic carbocycles. The summed E-state index contributed by atoms with van der Waals surface area (Å²) in [6.45, 7) is 5.77. The van der Waals surface area contributed by atoms with Crippen molar-refractivity contribution in [2.24, 2.45) is 5.92 Å². The molecule has 0 aromatic heterocycles. The van der Waals surface area contributed by atoms with Gasteiger partial charge in [0.25, 0.3) is 0 Å². The van der Waals surface area contributed by atoms with Crippen molar-refractivity contribution >= 4 is 11.6 Å². The molecule has 1 aliphatic heterocycles. The number of likely N-dealkylation sites (tertiary alicyclic amines) is 1. The summed E-state index contributed by atoms with van der Waals surface area (Å²) in [5, 5.41) is 10.6. The predicted octanol–water partition coefficient (Wildman–Crippen LogP) is 3.93. The molecule has 2 atom stereocenters. The van der Waals surface area contributed by atoms with Crippen molar-refractivity contribution < 1.29 is 5.11 Å². The lowest BCUT2D eigenvalue weighted by molar-refractivity contribution is 0.101. The minimum Gasteiger partial charge on any atom is -0.396 e. The van der Waals surface area contributed by atoms with E-state index in [2.05, 4.69) is 17.9 Å².